The van der Waals surface area contributed by atoms with Crippen LogP contribution in [0.1, 0.15) is 42.9 Å². The third kappa shape index (κ3) is 3.06. The Kier molecular flexibility index (Phi) is 3.78. The molecular formula is C12H18N2O3. The molecule has 0 bridgehead atoms. The molecule has 0 atom stereocenters. The highest BCUT2D eigenvalue weighted by Gasteiger charge is 2.28. The Balaban J connectivity index is 1.95. The highest BCUT2D eigenvalue weighted by atomic mass is 16.5. The summed E-state index contributed by atoms with van der Waals surface area (Å²) in [6.45, 7) is 5.95. The molecule has 0 aromatic carbocycles. The summed E-state index contributed by atoms with van der Waals surface area (Å²) in [6.07, 6.45) is 2.51. The van der Waals surface area contributed by atoms with E-state index in [4.69, 9.17) is 9.26 Å². The molecule has 17 heavy (non-hydrogen) atoms. The van der Waals surface area contributed by atoms with Crippen LogP contribution in [0.25, 0.3) is 0 Å². The van der Waals surface area contributed by atoms with Crippen molar-refractivity contribution in [2.45, 2.75) is 39.3 Å². The first-order chi connectivity index (χ1) is 8.24. The number of carbonyl (C=O) groups is 1. The zero-order valence-electron chi connectivity index (χ0n) is 10.3. The lowest BCUT2D eigenvalue weighted by molar-refractivity contribution is 0.0514. The summed E-state index contributed by atoms with van der Waals surface area (Å²) < 4.78 is 10.0. The lowest BCUT2D eigenvalue weighted by Crippen LogP contribution is -2.24. The van der Waals surface area contributed by atoms with Gasteiger partial charge in [-0.3, -0.25) is 4.90 Å². The molecule has 0 unspecified atom stereocenters. The van der Waals surface area contributed by atoms with Crippen molar-refractivity contribution in [1.82, 2.24) is 10.1 Å². The fraction of sp³-hybridized carbons (Fsp3) is 0.667. The predicted octanol–water partition coefficient (Wildman–Crippen LogP) is 1.84. The number of carbonyl (C=O) groups excluding carboxylic acids is 1. The van der Waals surface area contributed by atoms with Crippen LogP contribution in [0.4, 0.5) is 0 Å². The van der Waals surface area contributed by atoms with Crippen LogP contribution in [-0.2, 0) is 11.3 Å². The predicted molar refractivity (Wildman–Crippen MR) is 61.6 cm³/mol. The lowest BCUT2D eigenvalue weighted by Gasteiger charge is -2.17. The molecule has 1 aliphatic rings. The van der Waals surface area contributed by atoms with E-state index in [0.29, 0.717) is 19.2 Å². The topological polar surface area (TPSA) is 55.6 Å². The van der Waals surface area contributed by atoms with Gasteiger partial charge in [-0.05, 0) is 26.3 Å². The number of esters is 1. The maximum absolute atomic E-state index is 11.4. The Morgan fingerprint density at radius 3 is 2.94 bits per heavy atom. The van der Waals surface area contributed by atoms with Crippen LogP contribution in [0, 0.1) is 0 Å². The van der Waals surface area contributed by atoms with Gasteiger partial charge in [0, 0.05) is 12.1 Å². The first-order valence-electron chi connectivity index (χ1n) is 6.11. The van der Waals surface area contributed by atoms with E-state index in [1.54, 1.807) is 13.0 Å². The smallest absolute Gasteiger partial charge is 0.360 e. The molecule has 5 heteroatoms. The molecule has 1 heterocycles. The number of rotatable bonds is 6. The van der Waals surface area contributed by atoms with Gasteiger partial charge in [0.25, 0.3) is 0 Å². The van der Waals surface area contributed by atoms with Crippen molar-refractivity contribution in [3.8, 4) is 0 Å². The molecule has 1 saturated carbocycles. The zero-order valence-corrected chi connectivity index (χ0v) is 10.3. The zero-order chi connectivity index (χ0) is 12.3. The van der Waals surface area contributed by atoms with Crippen LogP contribution < -0.4 is 0 Å². The van der Waals surface area contributed by atoms with E-state index in [-0.39, 0.29) is 5.69 Å². The van der Waals surface area contributed by atoms with Gasteiger partial charge < -0.3 is 9.26 Å². The molecule has 5 nitrogen and oxygen atoms in total. The van der Waals surface area contributed by atoms with Gasteiger partial charge in [0.1, 0.15) is 0 Å². The largest absolute Gasteiger partial charge is 0.461 e. The van der Waals surface area contributed by atoms with E-state index in [2.05, 4.69) is 17.0 Å². The standard InChI is InChI=1S/C12H18N2O3/c1-3-14(9-5-6-9)8-10-7-11(13-17-10)12(15)16-4-2/h7,9H,3-6,8H2,1-2H3. The summed E-state index contributed by atoms with van der Waals surface area (Å²) >= 11 is 0. The highest BCUT2D eigenvalue weighted by molar-refractivity contribution is 5.87. The minimum absolute atomic E-state index is 0.258. The van der Waals surface area contributed by atoms with E-state index in [1.807, 2.05) is 0 Å². The minimum atomic E-state index is -0.419. The van der Waals surface area contributed by atoms with Gasteiger partial charge >= 0.3 is 5.97 Å². The molecule has 0 amide bonds. The van der Waals surface area contributed by atoms with Crippen LogP contribution in [0.2, 0.25) is 0 Å². The summed E-state index contributed by atoms with van der Waals surface area (Å²) in [4.78, 5) is 13.7. The first-order valence-corrected chi connectivity index (χ1v) is 6.11. The molecular weight excluding hydrogens is 220 g/mol. The highest BCUT2D eigenvalue weighted by Crippen LogP contribution is 2.27. The fourth-order valence-electron chi connectivity index (χ4n) is 1.83. The van der Waals surface area contributed by atoms with Gasteiger partial charge in [-0.25, -0.2) is 4.79 Å². The van der Waals surface area contributed by atoms with Crippen molar-refractivity contribution in [3.05, 3.63) is 17.5 Å². The molecule has 0 radical (unpaired) electrons. The van der Waals surface area contributed by atoms with Gasteiger partial charge in [0.15, 0.2) is 11.5 Å². The molecule has 1 aromatic rings. The quantitative estimate of drug-likeness (QED) is 0.708. The maximum atomic E-state index is 11.4. The van der Waals surface area contributed by atoms with Crippen molar-refractivity contribution in [2.24, 2.45) is 0 Å². The second-order valence-electron chi connectivity index (χ2n) is 4.19. The molecule has 0 N–H and O–H groups in total. The molecule has 0 spiro atoms. The summed E-state index contributed by atoms with van der Waals surface area (Å²) in [7, 11) is 0. The van der Waals surface area contributed by atoms with E-state index in [1.165, 1.54) is 12.8 Å². The average molecular weight is 238 g/mol. The third-order valence-electron chi connectivity index (χ3n) is 2.87. The summed E-state index contributed by atoms with van der Waals surface area (Å²) in [5, 5.41) is 3.73. The number of hydrogen-bond acceptors (Lipinski definition) is 5. The Morgan fingerprint density at radius 2 is 2.35 bits per heavy atom. The van der Waals surface area contributed by atoms with Gasteiger partial charge in [-0.15, -0.1) is 0 Å². The molecule has 0 saturated heterocycles. The monoisotopic (exact) mass is 238 g/mol. The molecule has 1 fully saturated rings. The lowest BCUT2D eigenvalue weighted by atomic mass is 10.3. The van der Waals surface area contributed by atoms with Gasteiger partial charge in [0.2, 0.25) is 0 Å². The number of ether oxygens (including phenoxy) is 1. The first kappa shape index (κ1) is 12.1. The number of nitrogens with zero attached hydrogens (tertiary/aromatic N) is 2. The van der Waals surface area contributed by atoms with Crippen molar-refractivity contribution in [1.29, 1.82) is 0 Å². The maximum Gasteiger partial charge on any atom is 0.360 e. The Morgan fingerprint density at radius 1 is 1.59 bits per heavy atom. The molecule has 2 rings (SSSR count). The second-order valence-corrected chi connectivity index (χ2v) is 4.19. The van der Waals surface area contributed by atoms with Crippen molar-refractivity contribution >= 4 is 5.97 Å². The summed E-state index contributed by atoms with van der Waals surface area (Å²) in [5.74, 6) is 0.304. The Bertz CT molecular complexity index is 385. The molecule has 0 aliphatic heterocycles. The number of aromatic nitrogens is 1. The van der Waals surface area contributed by atoms with E-state index >= 15 is 0 Å². The van der Waals surface area contributed by atoms with Crippen LogP contribution in [-0.4, -0.2) is 35.2 Å². The molecule has 1 aromatic heterocycles. The van der Waals surface area contributed by atoms with Crippen LogP contribution in [0.3, 0.4) is 0 Å². The van der Waals surface area contributed by atoms with Crippen molar-refractivity contribution in [2.75, 3.05) is 13.2 Å². The normalized spacial score (nSPS) is 15.2. The van der Waals surface area contributed by atoms with Crippen molar-refractivity contribution < 1.29 is 14.1 Å². The fourth-order valence-corrected chi connectivity index (χ4v) is 1.83. The van der Waals surface area contributed by atoms with Crippen molar-refractivity contribution in [3.63, 3.8) is 0 Å². The SMILES string of the molecule is CCOC(=O)c1cc(CN(CC)C2CC2)on1. The Labute approximate surface area is 101 Å². The van der Waals surface area contributed by atoms with Gasteiger partial charge in [0.05, 0.1) is 13.2 Å². The Hall–Kier alpha value is -1.36. The average Bonchev–Trinajstić information content (AvgIpc) is 3.05. The van der Waals surface area contributed by atoms with Crippen LogP contribution >= 0.6 is 0 Å². The van der Waals surface area contributed by atoms with E-state index in [9.17, 15) is 4.79 Å². The summed E-state index contributed by atoms with van der Waals surface area (Å²) in [6, 6.07) is 2.35. The van der Waals surface area contributed by atoms with Crippen LogP contribution in [0.5, 0.6) is 0 Å². The van der Waals surface area contributed by atoms with Crippen LogP contribution in [0.15, 0.2) is 10.6 Å². The van der Waals surface area contributed by atoms with Gasteiger partial charge in [-0.1, -0.05) is 12.1 Å². The van der Waals surface area contributed by atoms with E-state index < -0.39 is 5.97 Å². The summed E-state index contributed by atoms with van der Waals surface area (Å²) in [5.41, 5.74) is 0.258. The molecule has 1 aliphatic carbocycles. The molecule has 94 valence electrons. The van der Waals surface area contributed by atoms with Gasteiger partial charge in [-0.2, -0.15) is 0 Å². The minimum Gasteiger partial charge on any atom is -0.461 e. The van der Waals surface area contributed by atoms with E-state index in [0.717, 1.165) is 12.3 Å². The number of hydrogen-bond donors (Lipinski definition) is 0. The second kappa shape index (κ2) is 5.31. The third-order valence-corrected chi connectivity index (χ3v) is 2.87.